The number of phenolic OH excluding ortho intramolecular Hbond substituents is 1. The Hall–Kier alpha value is -1.75. The second-order valence-corrected chi connectivity index (χ2v) is 5.85. The van der Waals surface area contributed by atoms with Gasteiger partial charge in [0.05, 0.1) is 12.6 Å². The van der Waals surface area contributed by atoms with Crippen molar-refractivity contribution in [1.82, 2.24) is 10.2 Å². The lowest BCUT2D eigenvalue weighted by Crippen LogP contribution is -2.51. The van der Waals surface area contributed by atoms with Crippen LogP contribution in [0.4, 0.5) is 4.79 Å². The first-order chi connectivity index (χ1) is 10.3. The van der Waals surface area contributed by atoms with Gasteiger partial charge in [-0.05, 0) is 44.4 Å². The minimum atomic E-state index is -0.827. The Morgan fingerprint density at radius 2 is 1.95 bits per heavy atom. The minimum Gasteiger partial charge on any atom is -0.508 e. The molecular formula is C17H28N2O3. The third kappa shape index (κ3) is 4.91. The van der Waals surface area contributed by atoms with Gasteiger partial charge in [0.15, 0.2) is 0 Å². The minimum absolute atomic E-state index is 0.105. The summed E-state index contributed by atoms with van der Waals surface area (Å²) in [5.41, 5.74) is 0.362. The number of nitrogens with one attached hydrogen (secondary N) is 1. The van der Waals surface area contributed by atoms with Crippen molar-refractivity contribution in [3.63, 3.8) is 0 Å². The van der Waals surface area contributed by atoms with Crippen molar-refractivity contribution in [3.8, 4) is 5.75 Å². The fraction of sp³-hybridized carbons (Fsp3) is 0.588. The van der Waals surface area contributed by atoms with E-state index in [1.807, 2.05) is 27.7 Å². The molecule has 1 atom stereocenters. The summed E-state index contributed by atoms with van der Waals surface area (Å²) in [6, 6.07) is 6.30. The zero-order valence-corrected chi connectivity index (χ0v) is 14.0. The highest BCUT2D eigenvalue weighted by Crippen LogP contribution is 2.20. The van der Waals surface area contributed by atoms with Gasteiger partial charge in [-0.25, -0.2) is 4.79 Å². The molecule has 0 fully saturated rings. The highest BCUT2D eigenvalue weighted by Gasteiger charge is 2.25. The maximum absolute atomic E-state index is 12.4. The van der Waals surface area contributed by atoms with Crippen molar-refractivity contribution in [2.75, 3.05) is 13.1 Å². The number of nitrogens with zero attached hydrogens (tertiary/aromatic N) is 1. The Balaban J connectivity index is 2.73. The van der Waals surface area contributed by atoms with Crippen molar-refractivity contribution in [1.29, 1.82) is 0 Å². The molecule has 0 aromatic heterocycles. The first-order valence-corrected chi connectivity index (χ1v) is 7.89. The van der Waals surface area contributed by atoms with Crippen LogP contribution in [0.1, 0.15) is 52.2 Å². The lowest BCUT2D eigenvalue weighted by Gasteiger charge is -2.32. The number of hydrogen-bond acceptors (Lipinski definition) is 3. The van der Waals surface area contributed by atoms with Crippen molar-refractivity contribution in [3.05, 3.63) is 29.8 Å². The largest absolute Gasteiger partial charge is 0.508 e. The SMILES string of the molecule is CCN(CC(O)c1cccc(O)c1)C(=O)NC(C)(CC)CC. The normalized spacial score (nSPS) is 12.8. The molecule has 0 spiro atoms. The molecular weight excluding hydrogens is 280 g/mol. The summed E-state index contributed by atoms with van der Waals surface area (Å²) < 4.78 is 0. The molecule has 0 aliphatic rings. The van der Waals surface area contributed by atoms with E-state index in [-0.39, 0.29) is 23.9 Å². The molecule has 3 N–H and O–H groups in total. The maximum atomic E-state index is 12.4. The fourth-order valence-electron chi connectivity index (χ4n) is 2.17. The zero-order chi connectivity index (χ0) is 16.8. The van der Waals surface area contributed by atoms with Crippen molar-refractivity contribution in [2.24, 2.45) is 0 Å². The molecule has 0 heterocycles. The predicted octanol–water partition coefficient (Wildman–Crippen LogP) is 3.04. The van der Waals surface area contributed by atoms with E-state index in [1.54, 1.807) is 23.1 Å². The van der Waals surface area contributed by atoms with Crippen LogP contribution in [0.3, 0.4) is 0 Å². The van der Waals surface area contributed by atoms with Crippen molar-refractivity contribution >= 4 is 6.03 Å². The van der Waals surface area contributed by atoms with Gasteiger partial charge >= 0.3 is 6.03 Å². The van der Waals surface area contributed by atoms with Gasteiger partial charge in [-0.3, -0.25) is 0 Å². The molecule has 0 aliphatic carbocycles. The van der Waals surface area contributed by atoms with E-state index >= 15 is 0 Å². The molecule has 0 aliphatic heterocycles. The van der Waals surface area contributed by atoms with Crippen molar-refractivity contribution < 1.29 is 15.0 Å². The molecule has 0 bridgehead atoms. The topological polar surface area (TPSA) is 72.8 Å². The highest BCUT2D eigenvalue weighted by atomic mass is 16.3. The van der Waals surface area contributed by atoms with Gasteiger partial charge in [0.2, 0.25) is 0 Å². The van der Waals surface area contributed by atoms with Crippen LogP contribution in [0.5, 0.6) is 5.75 Å². The second-order valence-electron chi connectivity index (χ2n) is 5.85. The summed E-state index contributed by atoms with van der Waals surface area (Å²) in [5.74, 6) is 0.105. The molecule has 1 rings (SSSR count). The number of urea groups is 1. The number of aromatic hydroxyl groups is 1. The van der Waals surface area contributed by atoms with Gasteiger partial charge in [0.1, 0.15) is 5.75 Å². The average molecular weight is 308 g/mol. The van der Waals surface area contributed by atoms with Gasteiger partial charge in [-0.15, -0.1) is 0 Å². The molecule has 124 valence electrons. The molecule has 0 radical (unpaired) electrons. The van der Waals surface area contributed by atoms with Crippen LogP contribution in [0.15, 0.2) is 24.3 Å². The predicted molar refractivity (Wildman–Crippen MR) is 87.8 cm³/mol. The lowest BCUT2D eigenvalue weighted by atomic mass is 9.96. The van der Waals surface area contributed by atoms with Crippen LogP contribution >= 0.6 is 0 Å². The zero-order valence-electron chi connectivity index (χ0n) is 14.0. The smallest absolute Gasteiger partial charge is 0.317 e. The van der Waals surface area contributed by atoms with Gasteiger partial charge in [0, 0.05) is 12.1 Å². The Morgan fingerprint density at radius 1 is 1.32 bits per heavy atom. The maximum Gasteiger partial charge on any atom is 0.317 e. The molecule has 22 heavy (non-hydrogen) atoms. The molecule has 5 nitrogen and oxygen atoms in total. The number of carbonyl (C=O) groups is 1. The lowest BCUT2D eigenvalue weighted by molar-refractivity contribution is 0.118. The number of aliphatic hydroxyl groups is 1. The summed E-state index contributed by atoms with van der Waals surface area (Å²) in [7, 11) is 0. The van der Waals surface area contributed by atoms with Crippen LogP contribution in [0, 0.1) is 0 Å². The Bertz CT molecular complexity index is 487. The van der Waals surface area contributed by atoms with E-state index in [0.29, 0.717) is 12.1 Å². The van der Waals surface area contributed by atoms with Crippen LogP contribution in [-0.4, -0.2) is 39.8 Å². The van der Waals surface area contributed by atoms with E-state index in [9.17, 15) is 15.0 Å². The quantitative estimate of drug-likeness (QED) is 0.725. The number of carbonyl (C=O) groups excluding carboxylic acids is 1. The average Bonchev–Trinajstić information content (AvgIpc) is 2.51. The first kappa shape index (κ1) is 18.3. The van der Waals surface area contributed by atoms with E-state index in [2.05, 4.69) is 5.32 Å². The number of phenols is 1. The Kier molecular flexibility index (Phi) is 6.68. The monoisotopic (exact) mass is 308 g/mol. The fourth-order valence-corrected chi connectivity index (χ4v) is 2.17. The second kappa shape index (κ2) is 8.03. The van der Waals surface area contributed by atoms with Gasteiger partial charge in [-0.1, -0.05) is 26.0 Å². The molecule has 2 amide bonds. The summed E-state index contributed by atoms with van der Waals surface area (Å²) >= 11 is 0. The van der Waals surface area contributed by atoms with Gasteiger partial charge in [0.25, 0.3) is 0 Å². The molecule has 0 saturated heterocycles. The molecule has 1 unspecified atom stereocenters. The standard InChI is InChI=1S/C17H28N2O3/c1-5-17(4,6-2)18-16(22)19(7-3)12-15(21)13-9-8-10-14(20)11-13/h8-11,15,20-21H,5-7,12H2,1-4H3,(H,18,22). The Morgan fingerprint density at radius 3 is 2.45 bits per heavy atom. The summed E-state index contributed by atoms with van der Waals surface area (Å²) in [6.07, 6.45) is 0.872. The number of amides is 2. The van der Waals surface area contributed by atoms with Crippen LogP contribution in [-0.2, 0) is 0 Å². The third-order valence-corrected chi connectivity index (χ3v) is 4.29. The number of benzene rings is 1. The van der Waals surface area contributed by atoms with Gasteiger partial charge in [-0.2, -0.15) is 0 Å². The van der Waals surface area contributed by atoms with E-state index < -0.39 is 6.10 Å². The van der Waals surface area contributed by atoms with E-state index in [4.69, 9.17) is 0 Å². The third-order valence-electron chi connectivity index (χ3n) is 4.29. The number of hydrogen-bond donors (Lipinski definition) is 3. The molecule has 0 saturated carbocycles. The summed E-state index contributed by atoms with van der Waals surface area (Å²) in [4.78, 5) is 14.0. The highest BCUT2D eigenvalue weighted by molar-refractivity contribution is 5.75. The molecule has 1 aromatic carbocycles. The van der Waals surface area contributed by atoms with Gasteiger partial charge < -0.3 is 20.4 Å². The number of aliphatic hydroxyl groups excluding tert-OH is 1. The Labute approximate surface area is 133 Å². The van der Waals surface area contributed by atoms with Crippen LogP contribution in [0.2, 0.25) is 0 Å². The van der Waals surface area contributed by atoms with Crippen LogP contribution < -0.4 is 5.32 Å². The van der Waals surface area contributed by atoms with Crippen LogP contribution in [0.25, 0.3) is 0 Å². The van der Waals surface area contributed by atoms with E-state index in [1.165, 1.54) is 6.07 Å². The van der Waals surface area contributed by atoms with E-state index in [0.717, 1.165) is 12.8 Å². The number of rotatable bonds is 7. The number of likely N-dealkylation sites (N-methyl/N-ethyl adjacent to an activating group) is 1. The van der Waals surface area contributed by atoms with Crippen molar-refractivity contribution in [2.45, 2.75) is 52.2 Å². The summed E-state index contributed by atoms with van der Waals surface area (Å²) in [5, 5.41) is 22.8. The summed E-state index contributed by atoms with van der Waals surface area (Å²) in [6.45, 7) is 8.68. The molecule has 1 aromatic rings. The first-order valence-electron chi connectivity index (χ1n) is 7.89. The molecule has 5 heteroatoms.